The molecule has 0 aliphatic carbocycles. The molecule has 3 nitrogen and oxygen atoms in total. The van der Waals surface area contributed by atoms with Crippen LogP contribution in [-0.4, -0.2) is 10.8 Å². The predicted molar refractivity (Wildman–Crippen MR) is 49.6 cm³/mol. The van der Waals surface area contributed by atoms with Gasteiger partial charge in [0.15, 0.2) is 0 Å². The van der Waals surface area contributed by atoms with Crippen LogP contribution in [0.4, 0.5) is 0 Å². The predicted octanol–water partition coefficient (Wildman–Crippen LogP) is 1.36. The van der Waals surface area contributed by atoms with Crippen LogP contribution in [0.15, 0.2) is 30.3 Å². The van der Waals surface area contributed by atoms with Gasteiger partial charge in [-0.3, -0.25) is 10.4 Å². The molecule has 0 radical (unpaired) electrons. The van der Waals surface area contributed by atoms with Crippen molar-refractivity contribution in [2.75, 3.05) is 0 Å². The quantitative estimate of drug-likeness (QED) is 0.299. The summed E-state index contributed by atoms with van der Waals surface area (Å²) in [4.78, 5) is 0. The zero-order chi connectivity index (χ0) is 8.97. The molecule has 0 aliphatic heterocycles. The number of benzene rings is 1. The third-order valence-corrected chi connectivity index (χ3v) is 1.63. The van der Waals surface area contributed by atoms with Crippen molar-refractivity contribution in [3.05, 3.63) is 35.9 Å². The minimum atomic E-state index is 0.374. The molecule has 0 amide bonds. The fraction of sp³-hybridized carbons (Fsp3) is 0.222. The lowest BCUT2D eigenvalue weighted by atomic mass is 10.2. The van der Waals surface area contributed by atoms with E-state index in [0.29, 0.717) is 12.4 Å². The van der Waals surface area contributed by atoms with Crippen molar-refractivity contribution in [1.82, 2.24) is 5.01 Å². The smallest absolute Gasteiger partial charge is 0.107 e. The zero-order valence-corrected chi connectivity index (χ0v) is 7.12. The first-order chi connectivity index (χ1) is 5.70. The van der Waals surface area contributed by atoms with Gasteiger partial charge >= 0.3 is 0 Å². The zero-order valence-electron chi connectivity index (χ0n) is 7.12. The second kappa shape index (κ2) is 3.88. The highest BCUT2D eigenvalue weighted by molar-refractivity contribution is 5.75. The van der Waals surface area contributed by atoms with Crippen molar-refractivity contribution >= 4 is 5.84 Å². The van der Waals surface area contributed by atoms with Gasteiger partial charge in [0.25, 0.3) is 0 Å². The number of hydrazine groups is 1. The monoisotopic (exact) mass is 163 g/mol. The molecule has 0 fully saturated rings. The molecule has 1 rings (SSSR count). The second-order valence-corrected chi connectivity index (χ2v) is 2.70. The van der Waals surface area contributed by atoms with Gasteiger partial charge in [-0.2, -0.15) is 0 Å². The van der Waals surface area contributed by atoms with Crippen molar-refractivity contribution in [1.29, 1.82) is 5.41 Å². The third kappa shape index (κ3) is 2.36. The average Bonchev–Trinajstić information content (AvgIpc) is 2.06. The lowest BCUT2D eigenvalue weighted by Crippen LogP contribution is -2.34. The van der Waals surface area contributed by atoms with E-state index in [2.05, 4.69) is 0 Å². The van der Waals surface area contributed by atoms with E-state index >= 15 is 0 Å². The topological polar surface area (TPSA) is 53.1 Å². The Labute approximate surface area is 72.3 Å². The van der Waals surface area contributed by atoms with Crippen LogP contribution in [-0.2, 0) is 6.54 Å². The largest absolute Gasteiger partial charge is 0.295 e. The lowest BCUT2D eigenvalue weighted by Gasteiger charge is -2.16. The SMILES string of the molecule is CC(=N)N(N)Cc1ccccc1. The highest BCUT2D eigenvalue weighted by Gasteiger charge is 1.99. The van der Waals surface area contributed by atoms with E-state index in [1.54, 1.807) is 6.92 Å². The highest BCUT2D eigenvalue weighted by Crippen LogP contribution is 2.00. The molecular weight excluding hydrogens is 150 g/mol. The van der Waals surface area contributed by atoms with Crippen LogP contribution in [0.3, 0.4) is 0 Å². The summed E-state index contributed by atoms with van der Waals surface area (Å²) in [5, 5.41) is 8.66. The molecule has 0 saturated carbocycles. The Kier molecular flexibility index (Phi) is 2.82. The minimum absolute atomic E-state index is 0.374. The number of nitrogens with one attached hydrogen (secondary N) is 1. The standard InChI is InChI=1S/C9H13N3/c1-8(10)12(11)7-9-5-3-2-4-6-9/h2-6,10H,7,11H2,1H3. The van der Waals surface area contributed by atoms with Crippen LogP contribution < -0.4 is 5.84 Å². The van der Waals surface area contributed by atoms with Gasteiger partial charge in [-0.25, -0.2) is 5.84 Å². The summed E-state index contributed by atoms with van der Waals surface area (Å²) in [5.41, 5.74) is 1.12. The number of amidine groups is 1. The molecule has 12 heavy (non-hydrogen) atoms. The van der Waals surface area contributed by atoms with Crippen LogP contribution in [0.25, 0.3) is 0 Å². The van der Waals surface area contributed by atoms with Crippen LogP contribution in [0, 0.1) is 5.41 Å². The molecule has 0 heterocycles. The van der Waals surface area contributed by atoms with E-state index in [4.69, 9.17) is 11.3 Å². The van der Waals surface area contributed by atoms with E-state index < -0.39 is 0 Å². The number of nitrogens with zero attached hydrogens (tertiary/aromatic N) is 1. The van der Waals surface area contributed by atoms with Crippen molar-refractivity contribution in [2.45, 2.75) is 13.5 Å². The van der Waals surface area contributed by atoms with Crippen molar-refractivity contribution in [2.24, 2.45) is 5.84 Å². The summed E-state index contributed by atoms with van der Waals surface area (Å²) >= 11 is 0. The van der Waals surface area contributed by atoms with E-state index in [-0.39, 0.29) is 0 Å². The van der Waals surface area contributed by atoms with Gasteiger partial charge in [0.05, 0.1) is 6.54 Å². The van der Waals surface area contributed by atoms with Crippen molar-refractivity contribution in [3.8, 4) is 0 Å². The highest BCUT2D eigenvalue weighted by atomic mass is 15.4. The molecule has 3 N–H and O–H groups in total. The van der Waals surface area contributed by atoms with Crippen molar-refractivity contribution in [3.63, 3.8) is 0 Å². The van der Waals surface area contributed by atoms with E-state index in [1.807, 2.05) is 30.3 Å². The summed E-state index contributed by atoms with van der Waals surface area (Å²) in [6.45, 7) is 2.26. The lowest BCUT2D eigenvalue weighted by molar-refractivity contribution is 0.428. The molecule has 3 heteroatoms. The van der Waals surface area contributed by atoms with E-state index in [9.17, 15) is 0 Å². The number of nitrogens with two attached hydrogens (primary N) is 1. The Hall–Kier alpha value is -1.35. The molecule has 0 aromatic heterocycles. The summed E-state index contributed by atoms with van der Waals surface area (Å²) in [5.74, 6) is 5.93. The first kappa shape index (κ1) is 8.74. The molecule has 0 unspecified atom stereocenters. The Morgan fingerprint density at radius 2 is 2.00 bits per heavy atom. The fourth-order valence-electron chi connectivity index (χ4n) is 0.899. The Balaban J connectivity index is 2.58. The number of rotatable bonds is 2. The van der Waals surface area contributed by atoms with Crippen LogP contribution in [0.2, 0.25) is 0 Å². The maximum Gasteiger partial charge on any atom is 0.107 e. The molecule has 64 valence electrons. The normalized spacial score (nSPS) is 9.50. The summed E-state index contributed by atoms with van der Waals surface area (Å²) < 4.78 is 0. The average molecular weight is 163 g/mol. The van der Waals surface area contributed by atoms with Crippen molar-refractivity contribution < 1.29 is 0 Å². The summed E-state index contributed by atoms with van der Waals surface area (Å²) in [6, 6.07) is 9.86. The maximum absolute atomic E-state index is 7.25. The van der Waals surface area contributed by atoms with Crippen LogP contribution in [0.5, 0.6) is 0 Å². The molecule has 0 saturated heterocycles. The molecule has 0 aliphatic rings. The maximum atomic E-state index is 7.25. The van der Waals surface area contributed by atoms with Gasteiger partial charge in [-0.05, 0) is 12.5 Å². The number of hydrogen-bond acceptors (Lipinski definition) is 2. The second-order valence-electron chi connectivity index (χ2n) is 2.70. The minimum Gasteiger partial charge on any atom is -0.295 e. The molecule has 0 atom stereocenters. The molecule has 1 aromatic rings. The van der Waals surface area contributed by atoms with Crippen LogP contribution >= 0.6 is 0 Å². The summed E-state index contributed by atoms with van der Waals surface area (Å²) in [7, 11) is 0. The summed E-state index contributed by atoms with van der Waals surface area (Å²) in [6.07, 6.45) is 0. The van der Waals surface area contributed by atoms with Gasteiger partial charge in [0, 0.05) is 0 Å². The Bertz CT molecular complexity index is 256. The first-order valence-electron chi connectivity index (χ1n) is 3.81. The van der Waals surface area contributed by atoms with Gasteiger partial charge in [0.1, 0.15) is 5.84 Å². The Morgan fingerprint density at radius 1 is 1.42 bits per heavy atom. The number of hydrogen-bond donors (Lipinski definition) is 2. The fourth-order valence-corrected chi connectivity index (χ4v) is 0.899. The molecule has 0 spiro atoms. The van der Waals surface area contributed by atoms with Crippen LogP contribution in [0.1, 0.15) is 12.5 Å². The van der Waals surface area contributed by atoms with Gasteiger partial charge in [-0.1, -0.05) is 30.3 Å². The molecular formula is C9H13N3. The molecule has 1 aromatic carbocycles. The van der Waals surface area contributed by atoms with Gasteiger partial charge in [0.2, 0.25) is 0 Å². The Morgan fingerprint density at radius 3 is 2.50 bits per heavy atom. The van der Waals surface area contributed by atoms with Gasteiger partial charge < -0.3 is 0 Å². The van der Waals surface area contributed by atoms with E-state index in [0.717, 1.165) is 5.56 Å². The molecule has 0 bridgehead atoms. The first-order valence-corrected chi connectivity index (χ1v) is 3.81. The van der Waals surface area contributed by atoms with Gasteiger partial charge in [-0.15, -0.1) is 0 Å². The van der Waals surface area contributed by atoms with E-state index in [1.165, 1.54) is 5.01 Å². The third-order valence-electron chi connectivity index (χ3n) is 1.63.